The third-order valence-corrected chi connectivity index (χ3v) is 10.3. The molecule has 242 valence electrons. The monoisotopic (exact) mass is 650 g/mol. The summed E-state index contributed by atoms with van der Waals surface area (Å²) in [6, 6.07) is 9.34. The Morgan fingerprint density at radius 1 is 0.978 bits per heavy atom. The van der Waals surface area contributed by atoms with Crippen LogP contribution in [0.5, 0.6) is 0 Å². The first-order valence-corrected chi connectivity index (χ1v) is 16.1. The van der Waals surface area contributed by atoms with E-state index in [0.29, 0.717) is 32.0 Å². The molecule has 9 nitrogen and oxygen atoms in total. The van der Waals surface area contributed by atoms with Crippen molar-refractivity contribution in [3.05, 3.63) is 101 Å². The lowest BCUT2D eigenvalue weighted by Gasteiger charge is -2.49. The maximum absolute atomic E-state index is 15.2. The molecule has 2 amide bonds. The Hall–Kier alpha value is -3.69. The second-order valence-corrected chi connectivity index (χ2v) is 13.4. The molecule has 14 heteroatoms. The molecule has 45 heavy (non-hydrogen) atoms. The van der Waals surface area contributed by atoms with Gasteiger partial charge in [-0.25, -0.2) is 26.7 Å². The lowest BCUT2D eigenvalue weighted by molar-refractivity contribution is -0.118. The Kier molecular flexibility index (Phi) is 9.99. The van der Waals surface area contributed by atoms with Crippen LogP contribution in [-0.2, 0) is 11.2 Å². The zero-order valence-corrected chi connectivity index (χ0v) is 24.9. The minimum Gasteiger partial charge on any atom is -0.465 e. The van der Waals surface area contributed by atoms with Gasteiger partial charge in [0.05, 0.1) is 5.75 Å². The maximum atomic E-state index is 15.2. The number of rotatable bonds is 9. The van der Waals surface area contributed by atoms with E-state index >= 15 is 4.39 Å². The number of carbonyl (C=O) groups is 2. The Bertz CT molecular complexity index is 1530. The number of carboxylic acid groups (broad SMARTS) is 1. The van der Waals surface area contributed by atoms with Crippen molar-refractivity contribution < 1.29 is 41.4 Å². The highest BCUT2D eigenvalue weighted by Gasteiger charge is 2.38. The van der Waals surface area contributed by atoms with E-state index in [-0.39, 0.29) is 46.6 Å². The molecule has 5 rings (SSSR count). The van der Waals surface area contributed by atoms with Gasteiger partial charge in [0.15, 0.2) is 0 Å². The maximum Gasteiger partial charge on any atom is 0.405 e. The molecule has 2 aliphatic heterocycles. The molecule has 5 atom stereocenters. The van der Waals surface area contributed by atoms with E-state index < -0.39 is 58.0 Å². The molecule has 6 N–H and O–H groups in total. The summed E-state index contributed by atoms with van der Waals surface area (Å²) >= 11 is 0. The van der Waals surface area contributed by atoms with Gasteiger partial charge in [-0.2, -0.15) is 0 Å². The molecule has 0 aromatic heterocycles. The molecule has 3 aromatic rings. The highest BCUT2D eigenvalue weighted by molar-refractivity contribution is 8.22. The van der Waals surface area contributed by atoms with Crippen LogP contribution in [0.2, 0.25) is 0 Å². The van der Waals surface area contributed by atoms with Crippen LogP contribution in [0.25, 0.3) is 0 Å². The first-order chi connectivity index (χ1) is 21.4. The third kappa shape index (κ3) is 7.76. The third-order valence-electron chi connectivity index (χ3n) is 8.27. The fourth-order valence-electron chi connectivity index (χ4n) is 6.16. The number of benzene rings is 3. The zero-order valence-electron chi connectivity index (χ0n) is 24.1. The fraction of sp³-hybridized carbons (Fsp3) is 0.355. The quantitative estimate of drug-likeness (QED) is 0.164. The molecular weight excluding hydrogens is 616 g/mol. The Balaban J connectivity index is 1.44. The van der Waals surface area contributed by atoms with Crippen molar-refractivity contribution in [2.24, 2.45) is 0 Å². The lowest BCUT2D eigenvalue weighted by atomic mass is 9.84. The number of nitrogens with one attached hydrogen (secondary N) is 3. The van der Waals surface area contributed by atoms with Crippen molar-refractivity contribution in [2.45, 2.75) is 49.7 Å². The van der Waals surface area contributed by atoms with Crippen LogP contribution < -0.4 is 16.0 Å². The Labute approximate surface area is 259 Å². The summed E-state index contributed by atoms with van der Waals surface area (Å²) in [5.74, 6) is -5.20. The number of hydrogen-bond donors (Lipinski definition) is 6. The molecule has 0 radical (unpaired) electrons. The molecule has 2 fully saturated rings. The summed E-state index contributed by atoms with van der Waals surface area (Å²) in [6.45, 7) is 0.909. The van der Waals surface area contributed by atoms with Crippen LogP contribution in [0.1, 0.15) is 41.9 Å². The van der Waals surface area contributed by atoms with E-state index in [1.54, 1.807) is 4.31 Å². The summed E-state index contributed by atoms with van der Waals surface area (Å²) in [5, 5.41) is 17.8. The summed E-state index contributed by atoms with van der Waals surface area (Å²) in [5.41, 5.74) is 0.259. The van der Waals surface area contributed by atoms with Crippen LogP contribution in [0.4, 0.5) is 28.0 Å². The standard InChI is InChI=1S/C31H34F4N4O5S/c32-20-8-6-18(7-9-20)28(19-13-21(33)15-22(34)14-19)29(38-31(41)42)30(40)37-27-5-1-4-26(35)25(27)11-10-24-16-36-23-3-2-12-45(43,44)39(24)17-23/h1,4-9,13-15,23-24,28-29,36,38,43-44H,2-3,10-12,16-17H2,(H,37,40)(H,41,42)/t23?,24?,28-,29-/m0/s1. The molecule has 2 bridgehead atoms. The summed E-state index contributed by atoms with van der Waals surface area (Å²) in [6.07, 6.45) is 0.281. The van der Waals surface area contributed by atoms with Gasteiger partial charge in [0.25, 0.3) is 0 Å². The predicted octanol–water partition coefficient (Wildman–Crippen LogP) is 5.68. The van der Waals surface area contributed by atoms with E-state index in [4.69, 9.17) is 0 Å². The van der Waals surface area contributed by atoms with Crippen LogP contribution in [0, 0.1) is 23.3 Å². The molecular formula is C31H34F4N4O5S. The van der Waals surface area contributed by atoms with Crippen LogP contribution in [-0.4, -0.2) is 67.5 Å². The summed E-state index contributed by atoms with van der Waals surface area (Å²) in [7, 11) is -2.99. The van der Waals surface area contributed by atoms with Gasteiger partial charge in [-0.15, -0.1) is 10.8 Å². The van der Waals surface area contributed by atoms with E-state index in [0.717, 1.165) is 30.7 Å². The van der Waals surface area contributed by atoms with Crippen LogP contribution in [0.3, 0.4) is 0 Å². The van der Waals surface area contributed by atoms with Crippen molar-refractivity contribution in [3.8, 4) is 0 Å². The second kappa shape index (κ2) is 13.7. The van der Waals surface area contributed by atoms with Crippen molar-refractivity contribution >= 4 is 28.5 Å². The SMILES string of the molecule is O=C(O)N[C@H](C(=O)Nc1cccc(F)c1CCC1CNC2CCCS(O)(O)N1C2)[C@@H](c1ccc(F)cc1)c1cc(F)cc(F)c1. The normalized spacial score (nSPS) is 22.8. The first kappa shape index (κ1) is 32.7. The Morgan fingerprint density at radius 3 is 2.38 bits per heavy atom. The summed E-state index contributed by atoms with van der Waals surface area (Å²) < 4.78 is 80.9. The zero-order chi connectivity index (χ0) is 32.3. The van der Waals surface area contributed by atoms with Crippen LogP contribution >= 0.6 is 10.8 Å². The highest BCUT2D eigenvalue weighted by atomic mass is 32.3. The number of halogens is 4. The topological polar surface area (TPSA) is 134 Å². The molecule has 0 saturated carbocycles. The highest BCUT2D eigenvalue weighted by Crippen LogP contribution is 2.49. The molecule has 3 aromatic carbocycles. The molecule has 0 aliphatic carbocycles. The van der Waals surface area contributed by atoms with Gasteiger partial charge in [0.1, 0.15) is 29.3 Å². The lowest BCUT2D eigenvalue weighted by Crippen LogP contribution is -2.55. The van der Waals surface area contributed by atoms with Crippen molar-refractivity contribution in [1.29, 1.82) is 0 Å². The number of carbonyl (C=O) groups excluding carboxylic acids is 1. The number of nitrogens with zero attached hydrogens (tertiary/aromatic N) is 1. The second-order valence-electron chi connectivity index (χ2n) is 11.3. The van der Waals surface area contributed by atoms with E-state index in [1.165, 1.54) is 30.3 Å². The van der Waals surface area contributed by atoms with E-state index in [1.807, 2.05) is 0 Å². The molecule has 2 saturated heterocycles. The van der Waals surface area contributed by atoms with Crippen molar-refractivity contribution in [1.82, 2.24) is 14.9 Å². The fourth-order valence-corrected chi connectivity index (χ4v) is 8.02. The van der Waals surface area contributed by atoms with Crippen molar-refractivity contribution in [2.75, 3.05) is 24.2 Å². The molecule has 2 heterocycles. The van der Waals surface area contributed by atoms with Gasteiger partial charge in [0.2, 0.25) is 5.91 Å². The van der Waals surface area contributed by atoms with Gasteiger partial charge in [-0.05, 0) is 73.2 Å². The largest absolute Gasteiger partial charge is 0.465 e. The predicted molar refractivity (Wildman–Crippen MR) is 162 cm³/mol. The van der Waals surface area contributed by atoms with E-state index in [2.05, 4.69) is 16.0 Å². The number of amides is 2. The number of hydrogen-bond acceptors (Lipinski definition) is 6. The first-order valence-electron chi connectivity index (χ1n) is 14.5. The number of anilines is 1. The average Bonchev–Trinajstić information content (AvgIpc) is 3.08. The minimum absolute atomic E-state index is 0.0459. The van der Waals surface area contributed by atoms with Gasteiger partial charge in [-0.1, -0.05) is 18.2 Å². The Morgan fingerprint density at radius 2 is 1.69 bits per heavy atom. The molecule has 2 aliphatic rings. The smallest absolute Gasteiger partial charge is 0.405 e. The van der Waals surface area contributed by atoms with Crippen molar-refractivity contribution in [3.63, 3.8) is 0 Å². The average molecular weight is 651 g/mol. The number of piperazine rings is 1. The van der Waals surface area contributed by atoms with Crippen LogP contribution in [0.15, 0.2) is 60.7 Å². The molecule has 3 unspecified atom stereocenters. The van der Waals surface area contributed by atoms with Gasteiger partial charge < -0.3 is 21.1 Å². The van der Waals surface area contributed by atoms with E-state index in [9.17, 15) is 37.0 Å². The number of fused-ring (bicyclic) bond motifs is 2. The minimum atomic E-state index is -2.99. The van der Waals surface area contributed by atoms with Gasteiger partial charge in [0, 0.05) is 48.4 Å². The van der Waals surface area contributed by atoms with Gasteiger partial charge in [-0.3, -0.25) is 13.9 Å². The molecule has 0 spiro atoms. The van der Waals surface area contributed by atoms with Gasteiger partial charge >= 0.3 is 6.09 Å². The summed E-state index contributed by atoms with van der Waals surface area (Å²) in [4.78, 5) is 25.7.